The van der Waals surface area contributed by atoms with Gasteiger partial charge in [0.2, 0.25) is 5.91 Å². The largest absolute Gasteiger partial charge is 0.322 e. The smallest absolute Gasteiger partial charge is 0.254 e. The second-order valence-corrected chi connectivity index (χ2v) is 5.89. The lowest BCUT2D eigenvalue weighted by atomic mass is 10.2. The number of rotatable bonds is 5. The monoisotopic (exact) mass is 369 g/mol. The Balaban J connectivity index is 1.95. The predicted molar refractivity (Wildman–Crippen MR) is 98.3 cm³/mol. The highest BCUT2D eigenvalue weighted by atomic mass is 19.1. The van der Waals surface area contributed by atoms with Gasteiger partial charge in [-0.15, -0.1) is 0 Å². The summed E-state index contributed by atoms with van der Waals surface area (Å²) in [4.78, 5) is 29.3. The summed E-state index contributed by atoms with van der Waals surface area (Å²) in [5.74, 6) is -1.76. The van der Waals surface area contributed by atoms with Gasteiger partial charge in [-0.25, -0.2) is 13.8 Å². The zero-order valence-electron chi connectivity index (χ0n) is 14.6. The average molecular weight is 369 g/mol. The van der Waals surface area contributed by atoms with Gasteiger partial charge in [0, 0.05) is 23.4 Å². The van der Waals surface area contributed by atoms with Crippen molar-refractivity contribution < 1.29 is 13.6 Å². The van der Waals surface area contributed by atoms with E-state index in [2.05, 4.69) is 10.3 Å². The van der Waals surface area contributed by atoms with Crippen LogP contribution in [-0.4, -0.2) is 15.5 Å². The fraction of sp³-hybridized carbons (Fsp3) is 0.150. The summed E-state index contributed by atoms with van der Waals surface area (Å²) in [5.41, 5.74) is 0.601. The van der Waals surface area contributed by atoms with E-state index in [1.165, 1.54) is 10.6 Å². The van der Waals surface area contributed by atoms with Crippen LogP contribution in [0.5, 0.6) is 0 Å². The molecular weight excluding hydrogens is 352 g/mol. The molecule has 0 fully saturated rings. The number of benzene rings is 2. The van der Waals surface area contributed by atoms with E-state index in [9.17, 15) is 18.4 Å². The maximum absolute atomic E-state index is 13.7. The first kappa shape index (κ1) is 18.4. The minimum atomic E-state index is -0.764. The van der Waals surface area contributed by atoms with E-state index in [1.807, 2.05) is 13.0 Å². The highest BCUT2D eigenvalue weighted by molar-refractivity contribution is 5.91. The van der Waals surface area contributed by atoms with Crippen LogP contribution in [0, 0.1) is 11.6 Å². The van der Waals surface area contributed by atoms with E-state index in [0.717, 1.165) is 18.2 Å². The van der Waals surface area contributed by atoms with Crippen molar-refractivity contribution in [2.75, 3.05) is 5.32 Å². The molecule has 2 aromatic carbocycles. The minimum Gasteiger partial charge on any atom is -0.322 e. The van der Waals surface area contributed by atoms with Crippen molar-refractivity contribution in [3.05, 3.63) is 82.3 Å². The molecule has 0 saturated heterocycles. The van der Waals surface area contributed by atoms with Crippen molar-refractivity contribution in [3.63, 3.8) is 0 Å². The molecule has 0 saturated carbocycles. The van der Waals surface area contributed by atoms with Gasteiger partial charge in [-0.3, -0.25) is 14.2 Å². The third-order valence-electron chi connectivity index (χ3n) is 3.96. The van der Waals surface area contributed by atoms with Gasteiger partial charge >= 0.3 is 0 Å². The Bertz CT molecular complexity index is 1030. The number of nitrogens with zero attached hydrogens (tertiary/aromatic N) is 2. The number of carbonyl (C=O) groups is 1. The van der Waals surface area contributed by atoms with Crippen molar-refractivity contribution in [2.45, 2.75) is 19.9 Å². The summed E-state index contributed by atoms with van der Waals surface area (Å²) in [6.07, 6.45) is 0.566. The van der Waals surface area contributed by atoms with Gasteiger partial charge in [0.15, 0.2) is 0 Å². The Morgan fingerprint density at radius 3 is 2.56 bits per heavy atom. The topological polar surface area (TPSA) is 64.0 Å². The molecule has 5 nitrogen and oxygen atoms in total. The summed E-state index contributed by atoms with van der Waals surface area (Å²) in [5, 5.41) is 2.29. The van der Waals surface area contributed by atoms with Crippen LogP contribution in [0.15, 0.2) is 59.4 Å². The van der Waals surface area contributed by atoms with Gasteiger partial charge in [0.05, 0.1) is 5.69 Å². The van der Waals surface area contributed by atoms with Crippen LogP contribution in [0.4, 0.5) is 14.5 Å². The summed E-state index contributed by atoms with van der Waals surface area (Å²) in [6.45, 7) is 1.50. The molecular formula is C20H17F2N3O2. The van der Waals surface area contributed by atoms with Gasteiger partial charge in [-0.2, -0.15) is 0 Å². The van der Waals surface area contributed by atoms with E-state index >= 15 is 0 Å². The Morgan fingerprint density at radius 2 is 1.85 bits per heavy atom. The quantitative estimate of drug-likeness (QED) is 0.750. The Hall–Kier alpha value is -3.35. The number of hydrogen-bond donors (Lipinski definition) is 1. The van der Waals surface area contributed by atoms with E-state index in [0.29, 0.717) is 23.5 Å². The van der Waals surface area contributed by atoms with Gasteiger partial charge in [0.25, 0.3) is 5.56 Å². The number of aromatic nitrogens is 2. The molecule has 0 aliphatic rings. The Kier molecular flexibility index (Phi) is 5.40. The molecule has 1 aromatic heterocycles. The molecule has 3 aromatic rings. The molecule has 0 aliphatic heterocycles. The number of aryl methyl sites for hydroxylation is 1. The van der Waals surface area contributed by atoms with Crippen molar-refractivity contribution in [3.8, 4) is 11.4 Å². The first-order valence-corrected chi connectivity index (χ1v) is 8.39. The second-order valence-electron chi connectivity index (χ2n) is 5.89. The highest BCUT2D eigenvalue weighted by Gasteiger charge is 2.15. The van der Waals surface area contributed by atoms with E-state index in [4.69, 9.17) is 0 Å². The molecule has 1 heterocycles. The second kappa shape index (κ2) is 7.90. The van der Waals surface area contributed by atoms with Crippen LogP contribution in [0.25, 0.3) is 11.4 Å². The average Bonchev–Trinajstić information content (AvgIpc) is 2.66. The summed E-state index contributed by atoms with van der Waals surface area (Å²) < 4.78 is 28.2. The van der Waals surface area contributed by atoms with Gasteiger partial charge in [-0.1, -0.05) is 37.3 Å². The lowest BCUT2D eigenvalue weighted by molar-refractivity contribution is -0.116. The van der Waals surface area contributed by atoms with Crippen LogP contribution in [0.3, 0.4) is 0 Å². The fourth-order valence-electron chi connectivity index (χ4n) is 2.62. The molecule has 7 heteroatoms. The van der Waals surface area contributed by atoms with Crippen molar-refractivity contribution in [1.82, 2.24) is 9.55 Å². The minimum absolute atomic E-state index is 0.285. The number of amides is 1. The predicted octanol–water partition coefficient (Wildman–Crippen LogP) is 3.39. The fourth-order valence-corrected chi connectivity index (χ4v) is 2.62. The van der Waals surface area contributed by atoms with Crippen LogP contribution < -0.4 is 10.9 Å². The zero-order chi connectivity index (χ0) is 19.4. The molecule has 1 amide bonds. The van der Waals surface area contributed by atoms with E-state index < -0.39 is 23.1 Å². The number of anilines is 1. The zero-order valence-corrected chi connectivity index (χ0v) is 14.6. The molecule has 3 rings (SSSR count). The van der Waals surface area contributed by atoms with E-state index in [-0.39, 0.29) is 12.2 Å². The van der Waals surface area contributed by atoms with E-state index in [1.54, 1.807) is 24.3 Å². The van der Waals surface area contributed by atoms with Gasteiger partial charge in [0.1, 0.15) is 24.0 Å². The van der Waals surface area contributed by atoms with Crippen LogP contribution in [0.1, 0.15) is 12.6 Å². The third-order valence-corrected chi connectivity index (χ3v) is 3.96. The van der Waals surface area contributed by atoms with Crippen molar-refractivity contribution in [2.24, 2.45) is 0 Å². The van der Waals surface area contributed by atoms with Crippen molar-refractivity contribution >= 4 is 11.6 Å². The molecule has 0 aliphatic carbocycles. The van der Waals surface area contributed by atoms with Crippen molar-refractivity contribution in [1.29, 1.82) is 0 Å². The molecule has 27 heavy (non-hydrogen) atoms. The first-order chi connectivity index (χ1) is 13.0. The SMILES string of the molecule is CCc1cc(=O)n(CC(=O)Nc2cc(F)ccc2F)c(-c2ccccc2)n1. The lowest BCUT2D eigenvalue weighted by Gasteiger charge is -2.14. The summed E-state index contributed by atoms with van der Waals surface area (Å²) in [7, 11) is 0. The number of halogens is 2. The maximum atomic E-state index is 13.7. The van der Waals surface area contributed by atoms with Crippen LogP contribution in [0.2, 0.25) is 0 Å². The molecule has 0 spiro atoms. The standard InChI is InChI=1S/C20H17F2N3O2/c1-2-15-11-19(27)25(20(23-15)13-6-4-3-5-7-13)12-18(26)24-17-10-14(21)8-9-16(17)22/h3-11H,2,12H2,1H3,(H,24,26). The maximum Gasteiger partial charge on any atom is 0.254 e. The lowest BCUT2D eigenvalue weighted by Crippen LogP contribution is -2.30. The molecule has 0 atom stereocenters. The molecule has 0 radical (unpaired) electrons. The third kappa shape index (κ3) is 4.25. The highest BCUT2D eigenvalue weighted by Crippen LogP contribution is 2.18. The number of nitrogens with one attached hydrogen (secondary N) is 1. The Labute approximate surface area is 154 Å². The summed E-state index contributed by atoms with van der Waals surface area (Å²) >= 11 is 0. The van der Waals surface area contributed by atoms with Crippen LogP contribution >= 0.6 is 0 Å². The molecule has 138 valence electrons. The van der Waals surface area contributed by atoms with Gasteiger partial charge in [-0.05, 0) is 18.6 Å². The molecule has 0 bridgehead atoms. The van der Waals surface area contributed by atoms with Gasteiger partial charge < -0.3 is 5.32 Å². The first-order valence-electron chi connectivity index (χ1n) is 8.39. The molecule has 1 N–H and O–H groups in total. The Morgan fingerprint density at radius 1 is 1.11 bits per heavy atom. The van der Waals surface area contributed by atoms with Crippen LogP contribution in [-0.2, 0) is 17.8 Å². The molecule has 0 unspecified atom stereocenters. The number of carbonyl (C=O) groups excluding carboxylic acids is 1. The number of hydrogen-bond acceptors (Lipinski definition) is 3. The summed E-state index contributed by atoms with van der Waals surface area (Å²) in [6, 6.07) is 13.1. The normalized spacial score (nSPS) is 10.6.